The van der Waals surface area contributed by atoms with E-state index in [-0.39, 0.29) is 22.8 Å². The van der Waals surface area contributed by atoms with Crippen LogP contribution in [-0.4, -0.2) is 66.1 Å². The molecule has 176 valence electrons. The molecule has 0 spiro atoms. The number of halogens is 4. The number of nitrogens with zero attached hydrogens (tertiary/aromatic N) is 4. The van der Waals surface area contributed by atoms with Crippen LogP contribution in [0.4, 0.5) is 24.7 Å². The summed E-state index contributed by atoms with van der Waals surface area (Å²) in [5, 5.41) is 4.01. The SMILES string of the molecule is CN1CCN(CCCNc2cnc(N)c(-c3ccc4cccc(Cl)c4n3)c2C(F)(F)F)CC1. The van der Waals surface area contributed by atoms with Crippen LogP contribution < -0.4 is 11.1 Å². The van der Waals surface area contributed by atoms with Gasteiger partial charge in [0, 0.05) is 38.1 Å². The number of likely N-dealkylation sites (N-methyl/N-ethyl adjacent to an activating group) is 1. The van der Waals surface area contributed by atoms with Gasteiger partial charge in [-0.1, -0.05) is 29.8 Å². The minimum atomic E-state index is -4.65. The first-order valence-corrected chi connectivity index (χ1v) is 11.2. The summed E-state index contributed by atoms with van der Waals surface area (Å²) < 4.78 is 42.6. The van der Waals surface area contributed by atoms with E-state index in [4.69, 9.17) is 17.3 Å². The molecule has 0 atom stereocenters. The number of para-hydroxylation sites is 1. The zero-order valence-electron chi connectivity index (χ0n) is 18.3. The molecule has 1 aliphatic heterocycles. The van der Waals surface area contributed by atoms with Gasteiger partial charge in [0.05, 0.1) is 39.2 Å². The Balaban J connectivity index is 1.60. The minimum Gasteiger partial charge on any atom is -0.383 e. The molecule has 2 aromatic heterocycles. The van der Waals surface area contributed by atoms with Crippen molar-refractivity contribution in [1.82, 2.24) is 19.8 Å². The van der Waals surface area contributed by atoms with E-state index >= 15 is 0 Å². The summed E-state index contributed by atoms with van der Waals surface area (Å²) in [5.41, 5.74) is 5.22. The highest BCUT2D eigenvalue weighted by Crippen LogP contribution is 2.43. The third-order valence-electron chi connectivity index (χ3n) is 5.88. The van der Waals surface area contributed by atoms with E-state index < -0.39 is 11.7 Å². The molecule has 0 amide bonds. The van der Waals surface area contributed by atoms with Crippen LogP contribution in [0.25, 0.3) is 22.2 Å². The van der Waals surface area contributed by atoms with E-state index in [9.17, 15) is 13.2 Å². The summed E-state index contributed by atoms with van der Waals surface area (Å²) in [5.74, 6) is -0.232. The van der Waals surface area contributed by atoms with Crippen molar-refractivity contribution in [2.45, 2.75) is 12.6 Å². The molecular formula is C23H26ClF3N6. The number of alkyl halides is 3. The van der Waals surface area contributed by atoms with Crippen LogP contribution in [0.1, 0.15) is 12.0 Å². The monoisotopic (exact) mass is 478 g/mol. The van der Waals surface area contributed by atoms with Gasteiger partial charge in [-0.25, -0.2) is 9.97 Å². The number of nitrogen functional groups attached to an aromatic ring is 1. The van der Waals surface area contributed by atoms with Crippen molar-refractivity contribution in [3.8, 4) is 11.3 Å². The molecule has 1 aromatic carbocycles. The lowest BCUT2D eigenvalue weighted by Crippen LogP contribution is -2.44. The quantitative estimate of drug-likeness (QED) is 0.504. The van der Waals surface area contributed by atoms with Crippen molar-refractivity contribution in [2.24, 2.45) is 0 Å². The minimum absolute atomic E-state index is 0.0778. The number of piperazine rings is 1. The second-order valence-electron chi connectivity index (χ2n) is 8.24. The number of hydrogen-bond acceptors (Lipinski definition) is 6. The molecule has 3 heterocycles. The van der Waals surface area contributed by atoms with Gasteiger partial charge in [0.15, 0.2) is 0 Å². The van der Waals surface area contributed by atoms with E-state index in [1.165, 1.54) is 6.07 Å². The van der Waals surface area contributed by atoms with Gasteiger partial charge < -0.3 is 20.9 Å². The summed E-state index contributed by atoms with van der Waals surface area (Å²) in [7, 11) is 2.08. The second kappa shape index (κ2) is 9.70. The molecule has 6 nitrogen and oxygen atoms in total. The van der Waals surface area contributed by atoms with Crippen LogP contribution in [0.2, 0.25) is 5.02 Å². The fourth-order valence-electron chi connectivity index (χ4n) is 4.06. The predicted octanol–water partition coefficient (Wildman–Crippen LogP) is 4.60. The second-order valence-corrected chi connectivity index (χ2v) is 8.65. The van der Waals surface area contributed by atoms with Crippen LogP contribution in [-0.2, 0) is 6.18 Å². The van der Waals surface area contributed by atoms with Gasteiger partial charge in [0.1, 0.15) is 5.82 Å². The van der Waals surface area contributed by atoms with Crippen molar-refractivity contribution in [3.05, 3.63) is 47.1 Å². The number of rotatable bonds is 6. The molecule has 0 bridgehead atoms. The number of anilines is 2. The molecule has 0 radical (unpaired) electrons. The molecule has 3 N–H and O–H groups in total. The summed E-state index contributed by atoms with van der Waals surface area (Å²) in [6.07, 6.45) is -2.79. The molecule has 4 rings (SSSR count). The maximum atomic E-state index is 14.2. The molecule has 0 saturated carbocycles. The van der Waals surface area contributed by atoms with Crippen LogP contribution >= 0.6 is 11.6 Å². The third-order valence-corrected chi connectivity index (χ3v) is 6.19. The highest BCUT2D eigenvalue weighted by atomic mass is 35.5. The molecule has 1 fully saturated rings. The topological polar surface area (TPSA) is 70.3 Å². The van der Waals surface area contributed by atoms with Gasteiger partial charge in [0.2, 0.25) is 0 Å². The number of nitrogens with two attached hydrogens (primary N) is 1. The first-order valence-electron chi connectivity index (χ1n) is 10.8. The Morgan fingerprint density at radius 3 is 2.61 bits per heavy atom. The highest BCUT2D eigenvalue weighted by molar-refractivity contribution is 6.35. The van der Waals surface area contributed by atoms with Crippen molar-refractivity contribution in [3.63, 3.8) is 0 Å². The Morgan fingerprint density at radius 2 is 1.88 bits per heavy atom. The zero-order chi connectivity index (χ0) is 23.6. The number of pyridine rings is 2. The van der Waals surface area contributed by atoms with Gasteiger partial charge in [-0.3, -0.25) is 0 Å². The molecule has 0 unspecified atom stereocenters. The Morgan fingerprint density at radius 1 is 1.12 bits per heavy atom. The highest BCUT2D eigenvalue weighted by Gasteiger charge is 2.38. The lowest BCUT2D eigenvalue weighted by atomic mass is 10.0. The van der Waals surface area contributed by atoms with Crippen LogP contribution in [0, 0.1) is 0 Å². The Hall–Kier alpha value is -2.62. The van der Waals surface area contributed by atoms with Gasteiger partial charge >= 0.3 is 6.18 Å². The number of aromatic nitrogens is 2. The van der Waals surface area contributed by atoms with Gasteiger partial charge in [-0.05, 0) is 32.1 Å². The Bertz CT molecular complexity index is 1130. The van der Waals surface area contributed by atoms with Crippen LogP contribution in [0.3, 0.4) is 0 Å². The first-order chi connectivity index (χ1) is 15.7. The van der Waals surface area contributed by atoms with Crippen molar-refractivity contribution in [1.29, 1.82) is 0 Å². The van der Waals surface area contributed by atoms with E-state index in [2.05, 4.69) is 32.1 Å². The van der Waals surface area contributed by atoms with E-state index in [0.29, 0.717) is 23.5 Å². The normalized spacial score (nSPS) is 15.8. The Kier molecular flexibility index (Phi) is 6.92. The number of benzene rings is 1. The summed E-state index contributed by atoms with van der Waals surface area (Å²) in [6.45, 7) is 5.14. The van der Waals surface area contributed by atoms with E-state index in [1.54, 1.807) is 24.3 Å². The number of hydrogen-bond donors (Lipinski definition) is 2. The lowest BCUT2D eigenvalue weighted by Gasteiger charge is -2.32. The lowest BCUT2D eigenvalue weighted by molar-refractivity contribution is -0.136. The van der Waals surface area contributed by atoms with E-state index in [1.807, 2.05) is 0 Å². The van der Waals surface area contributed by atoms with Gasteiger partial charge in [-0.15, -0.1) is 0 Å². The molecule has 1 aliphatic rings. The van der Waals surface area contributed by atoms with Crippen molar-refractivity contribution < 1.29 is 13.2 Å². The molecule has 3 aromatic rings. The predicted molar refractivity (Wildman–Crippen MR) is 126 cm³/mol. The maximum Gasteiger partial charge on any atom is 0.419 e. The average molecular weight is 479 g/mol. The third kappa shape index (κ3) is 5.31. The zero-order valence-corrected chi connectivity index (χ0v) is 19.0. The molecule has 0 aliphatic carbocycles. The molecular weight excluding hydrogens is 453 g/mol. The smallest absolute Gasteiger partial charge is 0.383 e. The summed E-state index contributed by atoms with van der Waals surface area (Å²) >= 11 is 6.22. The summed E-state index contributed by atoms with van der Waals surface area (Å²) in [6, 6.07) is 8.39. The van der Waals surface area contributed by atoms with E-state index in [0.717, 1.165) is 44.3 Å². The fraction of sp³-hybridized carbons (Fsp3) is 0.391. The van der Waals surface area contributed by atoms with Crippen molar-refractivity contribution >= 4 is 34.0 Å². The van der Waals surface area contributed by atoms with Crippen molar-refractivity contribution in [2.75, 3.05) is 57.4 Å². The van der Waals surface area contributed by atoms with Gasteiger partial charge in [-0.2, -0.15) is 13.2 Å². The Labute approximate surface area is 195 Å². The largest absolute Gasteiger partial charge is 0.419 e. The average Bonchev–Trinajstić information content (AvgIpc) is 2.78. The number of fused-ring (bicyclic) bond motifs is 1. The first kappa shape index (κ1) is 23.5. The summed E-state index contributed by atoms with van der Waals surface area (Å²) in [4.78, 5) is 13.0. The van der Waals surface area contributed by atoms with Gasteiger partial charge in [0.25, 0.3) is 0 Å². The van der Waals surface area contributed by atoms with Crippen LogP contribution in [0.5, 0.6) is 0 Å². The molecule has 1 saturated heterocycles. The maximum absolute atomic E-state index is 14.2. The fourth-order valence-corrected chi connectivity index (χ4v) is 4.29. The number of nitrogens with one attached hydrogen (secondary N) is 1. The van der Waals surface area contributed by atoms with Crippen LogP contribution in [0.15, 0.2) is 36.5 Å². The molecule has 33 heavy (non-hydrogen) atoms. The standard InChI is InChI=1S/C23H26ClF3N6/c1-32-10-12-33(13-11-32)9-3-8-29-18-14-30-22(28)19(20(18)23(25,26)27)17-7-6-15-4-2-5-16(24)21(15)31-17/h2,4-7,14,29H,3,8-13H2,1H3,(H2,28,30). The molecule has 10 heteroatoms.